The Morgan fingerprint density at radius 3 is 2.71 bits per heavy atom. The van der Waals surface area contributed by atoms with E-state index in [2.05, 4.69) is 53.8 Å². The summed E-state index contributed by atoms with van der Waals surface area (Å²) in [5.41, 5.74) is 1.60. The summed E-state index contributed by atoms with van der Waals surface area (Å²) >= 11 is 16.1. The Hall–Kier alpha value is 1.01. The summed E-state index contributed by atoms with van der Waals surface area (Å²) < 4.78 is 2.92. The third-order valence-electron chi connectivity index (χ3n) is 1.57. The Bertz CT molecular complexity index is 501. The van der Waals surface area contributed by atoms with Gasteiger partial charge in [0.15, 0.2) is 5.15 Å². The fourth-order valence-electron chi connectivity index (χ4n) is 1.05. The maximum Gasteiger partial charge on any atom is 0.224 e. The Labute approximate surface area is 120 Å². The molecule has 0 bridgehead atoms. The minimum Gasteiger partial charge on any atom is -0.277 e. The van der Waals surface area contributed by atoms with E-state index in [1.165, 1.54) is 9.12 Å². The van der Waals surface area contributed by atoms with Crippen LogP contribution < -0.4 is 0 Å². The highest BCUT2D eigenvalue weighted by atomic mass is 127. The van der Waals surface area contributed by atoms with Crippen molar-refractivity contribution in [3.63, 3.8) is 0 Å². The van der Waals surface area contributed by atoms with Crippen molar-refractivity contribution in [3.05, 3.63) is 20.2 Å². The standard InChI is InChI=1S/C6HCl2I2N3S/c7-5-4-3(11-6(8)12-5)2(9)1-13(4)14-10/h1H. The molecule has 0 N–H and O–H groups in total. The Kier molecular flexibility index (Phi) is 3.68. The number of hydrogen-bond donors (Lipinski definition) is 0. The first kappa shape index (κ1) is 11.5. The predicted molar refractivity (Wildman–Crippen MR) is 77.3 cm³/mol. The molecule has 3 nitrogen and oxygen atoms in total. The third-order valence-corrected chi connectivity index (χ3v) is 4.50. The van der Waals surface area contributed by atoms with Gasteiger partial charge in [-0.05, 0) is 34.2 Å². The predicted octanol–water partition coefficient (Wildman–Crippen LogP) is 4.19. The van der Waals surface area contributed by atoms with E-state index in [0.717, 1.165) is 14.6 Å². The molecule has 2 rings (SSSR count). The van der Waals surface area contributed by atoms with Gasteiger partial charge in [-0.25, -0.2) is 9.97 Å². The number of aromatic nitrogens is 3. The lowest BCUT2D eigenvalue weighted by Crippen LogP contribution is -1.88. The average molecular weight is 472 g/mol. The van der Waals surface area contributed by atoms with Gasteiger partial charge in [0.2, 0.25) is 5.28 Å². The first-order valence-electron chi connectivity index (χ1n) is 3.32. The lowest BCUT2D eigenvalue weighted by molar-refractivity contribution is 1.21. The van der Waals surface area contributed by atoms with Gasteiger partial charge in [-0.3, -0.25) is 3.97 Å². The van der Waals surface area contributed by atoms with Crippen molar-refractivity contribution in [3.8, 4) is 0 Å². The van der Waals surface area contributed by atoms with E-state index in [1.54, 1.807) is 0 Å². The van der Waals surface area contributed by atoms with Crippen molar-refractivity contribution in [1.29, 1.82) is 0 Å². The highest BCUT2D eigenvalue weighted by molar-refractivity contribution is 14.2. The lowest BCUT2D eigenvalue weighted by Gasteiger charge is -1.99. The van der Waals surface area contributed by atoms with Gasteiger partial charge in [0.1, 0.15) is 11.0 Å². The number of halogens is 4. The first-order valence-corrected chi connectivity index (χ1v) is 8.47. The number of fused-ring (bicyclic) bond motifs is 1. The van der Waals surface area contributed by atoms with Crippen LogP contribution in [0.25, 0.3) is 11.0 Å². The second kappa shape index (κ2) is 4.48. The van der Waals surface area contributed by atoms with Crippen LogP contribution in [0.1, 0.15) is 0 Å². The Morgan fingerprint density at radius 1 is 1.36 bits per heavy atom. The fraction of sp³-hybridized carbons (Fsp3) is 0. The monoisotopic (exact) mass is 471 g/mol. The maximum atomic E-state index is 5.98. The zero-order valence-corrected chi connectivity index (χ0v) is 13.0. The van der Waals surface area contributed by atoms with Gasteiger partial charge >= 0.3 is 0 Å². The van der Waals surface area contributed by atoms with E-state index in [0.29, 0.717) is 5.15 Å². The summed E-state index contributed by atoms with van der Waals surface area (Å²) in [5, 5.41) is 0.559. The highest BCUT2D eigenvalue weighted by Gasteiger charge is 2.13. The second-order valence-electron chi connectivity index (χ2n) is 2.35. The van der Waals surface area contributed by atoms with Crippen molar-refractivity contribution in [2.24, 2.45) is 0 Å². The zero-order valence-electron chi connectivity index (χ0n) is 6.34. The van der Waals surface area contributed by atoms with Crippen molar-refractivity contribution in [2.45, 2.75) is 0 Å². The molecule has 0 aliphatic rings. The second-order valence-corrected chi connectivity index (χ2v) is 5.92. The minimum absolute atomic E-state index is 0.177. The molecule has 2 aromatic rings. The summed E-state index contributed by atoms with van der Waals surface area (Å²) in [7, 11) is 1.51. The van der Waals surface area contributed by atoms with E-state index >= 15 is 0 Å². The molecule has 0 saturated carbocycles. The van der Waals surface area contributed by atoms with Gasteiger partial charge in [0.25, 0.3) is 0 Å². The zero-order chi connectivity index (χ0) is 10.3. The average Bonchev–Trinajstić information content (AvgIpc) is 2.43. The molecule has 0 aliphatic carbocycles. The summed E-state index contributed by atoms with van der Waals surface area (Å²) in [4.78, 5) is 8.03. The van der Waals surface area contributed by atoms with Crippen LogP contribution in [0.3, 0.4) is 0 Å². The van der Waals surface area contributed by atoms with Gasteiger partial charge in [-0.15, -0.1) is 0 Å². The van der Waals surface area contributed by atoms with Gasteiger partial charge in [-0.1, -0.05) is 11.6 Å². The summed E-state index contributed by atoms with van der Waals surface area (Å²) in [6.45, 7) is 0. The summed E-state index contributed by atoms with van der Waals surface area (Å²) in [5.74, 6) is 0. The SMILES string of the molecule is Clc1nc(Cl)c2c(n1)c(I)cn2SI. The molecule has 0 fully saturated rings. The van der Waals surface area contributed by atoms with E-state index in [9.17, 15) is 0 Å². The van der Waals surface area contributed by atoms with Gasteiger partial charge in [0, 0.05) is 36.5 Å². The minimum atomic E-state index is 0.177. The molecule has 0 saturated heterocycles. The van der Waals surface area contributed by atoms with Crippen LogP contribution >= 0.6 is 76.1 Å². The molecule has 14 heavy (non-hydrogen) atoms. The van der Waals surface area contributed by atoms with Crippen LogP contribution in [0.5, 0.6) is 0 Å². The van der Waals surface area contributed by atoms with E-state index in [4.69, 9.17) is 23.2 Å². The topological polar surface area (TPSA) is 30.7 Å². The normalized spacial score (nSPS) is 11.1. The van der Waals surface area contributed by atoms with Crippen molar-refractivity contribution >= 4 is 87.2 Å². The van der Waals surface area contributed by atoms with Gasteiger partial charge < -0.3 is 0 Å². The van der Waals surface area contributed by atoms with Crippen LogP contribution in [0.2, 0.25) is 10.4 Å². The van der Waals surface area contributed by atoms with Gasteiger partial charge in [-0.2, -0.15) is 0 Å². The van der Waals surface area contributed by atoms with Crippen LogP contribution in [-0.4, -0.2) is 13.9 Å². The van der Waals surface area contributed by atoms with Crippen LogP contribution in [0.4, 0.5) is 0 Å². The molecule has 0 atom stereocenters. The third kappa shape index (κ3) is 1.95. The summed E-state index contributed by atoms with van der Waals surface area (Å²) in [6.07, 6.45) is 1.94. The Balaban J connectivity index is 2.89. The maximum absolute atomic E-state index is 5.98. The molecule has 0 unspecified atom stereocenters. The molecule has 2 aromatic heterocycles. The molecule has 74 valence electrons. The number of rotatable bonds is 1. The summed E-state index contributed by atoms with van der Waals surface area (Å²) in [6, 6.07) is 0. The van der Waals surface area contributed by atoms with Crippen molar-refractivity contribution < 1.29 is 0 Å². The Morgan fingerprint density at radius 2 is 2.07 bits per heavy atom. The van der Waals surface area contributed by atoms with Crippen molar-refractivity contribution in [1.82, 2.24) is 13.9 Å². The molecule has 2 heterocycles. The molecule has 8 heteroatoms. The highest BCUT2D eigenvalue weighted by Crippen LogP contribution is 2.32. The van der Waals surface area contributed by atoms with E-state index in [-0.39, 0.29) is 5.28 Å². The largest absolute Gasteiger partial charge is 0.277 e. The molecule has 0 aliphatic heterocycles. The molecule has 0 radical (unpaired) electrons. The molecule has 0 amide bonds. The smallest absolute Gasteiger partial charge is 0.224 e. The quantitative estimate of drug-likeness (QED) is 0.355. The van der Waals surface area contributed by atoms with Gasteiger partial charge in [0.05, 0.1) is 3.57 Å². The lowest BCUT2D eigenvalue weighted by atomic mass is 10.5. The molecular formula is C6HCl2I2N3S. The number of hydrogen-bond acceptors (Lipinski definition) is 3. The number of nitrogens with zero attached hydrogens (tertiary/aromatic N) is 3. The molecular weight excluding hydrogens is 471 g/mol. The molecule has 0 spiro atoms. The van der Waals surface area contributed by atoms with Crippen LogP contribution in [0.15, 0.2) is 6.20 Å². The van der Waals surface area contributed by atoms with E-state index in [1.807, 2.05) is 10.2 Å². The first-order chi connectivity index (χ1) is 6.63. The fourth-order valence-corrected chi connectivity index (χ4v) is 3.73. The molecule has 0 aromatic carbocycles. The van der Waals surface area contributed by atoms with E-state index < -0.39 is 0 Å². The van der Waals surface area contributed by atoms with Crippen molar-refractivity contribution in [2.75, 3.05) is 0 Å². The van der Waals surface area contributed by atoms with Crippen LogP contribution in [-0.2, 0) is 0 Å². The van der Waals surface area contributed by atoms with Crippen LogP contribution in [0, 0.1) is 3.57 Å².